The topological polar surface area (TPSA) is 38.0 Å². The minimum absolute atomic E-state index is 0.0837. The summed E-state index contributed by atoms with van der Waals surface area (Å²) in [5.41, 5.74) is 4.44. The lowest BCUT2D eigenvalue weighted by Gasteiger charge is -2.29. The van der Waals surface area contributed by atoms with Crippen molar-refractivity contribution in [3.8, 4) is 0 Å². The first-order chi connectivity index (χ1) is 7.70. The fraction of sp³-hybridized carbons (Fsp3) is 0.538. The smallest absolute Gasteiger partial charge is 0.126 e. The first-order valence-electron chi connectivity index (χ1n) is 5.93. The molecule has 1 aromatic carbocycles. The van der Waals surface area contributed by atoms with Crippen molar-refractivity contribution < 1.29 is 4.39 Å². The molecular weight excluding hydrogens is 203 g/mol. The number of nitrogens with one attached hydrogen (secondary N) is 1. The fourth-order valence-electron chi connectivity index (χ4n) is 2.19. The number of hydrazine groups is 1. The van der Waals surface area contributed by atoms with Crippen LogP contribution in [0.4, 0.5) is 4.39 Å². The van der Waals surface area contributed by atoms with Crippen LogP contribution in [-0.2, 0) is 0 Å². The van der Waals surface area contributed by atoms with E-state index in [1.54, 1.807) is 13.0 Å². The summed E-state index contributed by atoms with van der Waals surface area (Å²) in [7, 11) is 0. The Hall–Kier alpha value is -0.930. The molecule has 0 amide bonds. The zero-order valence-electron chi connectivity index (χ0n) is 9.67. The van der Waals surface area contributed by atoms with E-state index >= 15 is 0 Å². The van der Waals surface area contributed by atoms with Crippen LogP contribution in [0, 0.1) is 18.7 Å². The highest BCUT2D eigenvalue weighted by Gasteiger charge is 2.22. The minimum Gasteiger partial charge on any atom is -0.271 e. The molecule has 0 saturated heterocycles. The molecule has 16 heavy (non-hydrogen) atoms. The summed E-state index contributed by atoms with van der Waals surface area (Å²) in [6.07, 6.45) is 4.91. The maximum absolute atomic E-state index is 13.4. The van der Waals surface area contributed by atoms with Gasteiger partial charge in [0, 0.05) is 6.04 Å². The van der Waals surface area contributed by atoms with E-state index in [1.165, 1.54) is 19.3 Å². The van der Waals surface area contributed by atoms with Crippen molar-refractivity contribution in [3.63, 3.8) is 0 Å². The first-order valence-corrected chi connectivity index (χ1v) is 5.93. The molecule has 1 unspecified atom stereocenters. The van der Waals surface area contributed by atoms with Crippen molar-refractivity contribution in [2.75, 3.05) is 0 Å². The number of rotatable bonds is 4. The standard InChI is InChI=1S/C13H19FN2/c1-9-5-6-11(8-12(9)14)13(16-15)7-10-3-2-4-10/h5-6,8,10,13,16H,2-4,7,15H2,1H3. The van der Waals surface area contributed by atoms with Gasteiger partial charge in [0.15, 0.2) is 0 Å². The van der Waals surface area contributed by atoms with Crippen LogP contribution >= 0.6 is 0 Å². The molecule has 1 aliphatic rings. The number of aryl methyl sites for hydroxylation is 1. The van der Waals surface area contributed by atoms with E-state index in [4.69, 9.17) is 5.84 Å². The molecule has 1 atom stereocenters. The van der Waals surface area contributed by atoms with Crippen molar-refractivity contribution in [1.82, 2.24) is 5.43 Å². The van der Waals surface area contributed by atoms with E-state index in [1.807, 2.05) is 12.1 Å². The predicted octanol–water partition coefficient (Wildman–Crippen LogP) is 2.83. The molecular formula is C13H19FN2. The molecule has 1 saturated carbocycles. The average Bonchev–Trinajstić information content (AvgIpc) is 2.21. The van der Waals surface area contributed by atoms with Gasteiger partial charge in [-0.1, -0.05) is 31.4 Å². The van der Waals surface area contributed by atoms with Crippen molar-refractivity contribution in [1.29, 1.82) is 0 Å². The first kappa shape index (κ1) is 11.6. The molecule has 1 aliphatic carbocycles. The Morgan fingerprint density at radius 3 is 2.75 bits per heavy atom. The van der Waals surface area contributed by atoms with Gasteiger partial charge in [0.1, 0.15) is 5.82 Å². The van der Waals surface area contributed by atoms with Gasteiger partial charge in [0.05, 0.1) is 0 Å². The summed E-state index contributed by atoms with van der Waals surface area (Å²) in [5, 5.41) is 0. The van der Waals surface area contributed by atoms with E-state index in [9.17, 15) is 4.39 Å². The van der Waals surface area contributed by atoms with Gasteiger partial charge in [0.2, 0.25) is 0 Å². The molecule has 2 nitrogen and oxygen atoms in total. The number of halogens is 1. The van der Waals surface area contributed by atoms with Crippen LogP contribution in [0.25, 0.3) is 0 Å². The molecule has 88 valence electrons. The van der Waals surface area contributed by atoms with Gasteiger partial charge in [-0.2, -0.15) is 0 Å². The summed E-state index contributed by atoms with van der Waals surface area (Å²) >= 11 is 0. The zero-order valence-corrected chi connectivity index (χ0v) is 9.67. The lowest BCUT2D eigenvalue weighted by atomic mass is 9.79. The highest BCUT2D eigenvalue weighted by molar-refractivity contribution is 5.25. The third kappa shape index (κ3) is 2.42. The van der Waals surface area contributed by atoms with Crippen molar-refractivity contribution in [2.24, 2.45) is 11.8 Å². The Morgan fingerprint density at radius 1 is 1.50 bits per heavy atom. The van der Waals surface area contributed by atoms with Crippen molar-refractivity contribution >= 4 is 0 Å². The maximum Gasteiger partial charge on any atom is 0.126 e. The number of benzene rings is 1. The summed E-state index contributed by atoms with van der Waals surface area (Å²) < 4.78 is 13.4. The normalized spacial score (nSPS) is 18.2. The van der Waals surface area contributed by atoms with Crippen molar-refractivity contribution in [3.05, 3.63) is 35.1 Å². The largest absolute Gasteiger partial charge is 0.271 e. The molecule has 3 N–H and O–H groups in total. The Labute approximate surface area is 96.0 Å². The number of hydrogen-bond acceptors (Lipinski definition) is 2. The summed E-state index contributed by atoms with van der Waals surface area (Å²) in [6.45, 7) is 1.77. The summed E-state index contributed by atoms with van der Waals surface area (Å²) in [5.74, 6) is 6.16. The van der Waals surface area contributed by atoms with E-state index < -0.39 is 0 Å². The third-order valence-electron chi connectivity index (χ3n) is 3.59. The lowest BCUT2D eigenvalue weighted by Crippen LogP contribution is -2.31. The van der Waals surface area contributed by atoms with E-state index in [-0.39, 0.29) is 11.9 Å². The Morgan fingerprint density at radius 2 is 2.25 bits per heavy atom. The quantitative estimate of drug-likeness (QED) is 0.607. The monoisotopic (exact) mass is 222 g/mol. The van der Waals surface area contributed by atoms with E-state index in [2.05, 4.69) is 5.43 Å². The fourth-order valence-corrected chi connectivity index (χ4v) is 2.19. The van der Waals surface area contributed by atoms with Crippen LogP contribution in [0.2, 0.25) is 0 Å². The molecule has 0 heterocycles. The molecule has 1 fully saturated rings. The molecule has 3 heteroatoms. The number of hydrogen-bond donors (Lipinski definition) is 2. The molecule has 2 rings (SSSR count). The van der Waals surface area contributed by atoms with Crippen LogP contribution in [0.15, 0.2) is 18.2 Å². The Kier molecular flexibility index (Phi) is 3.56. The molecule has 0 spiro atoms. The predicted molar refractivity (Wildman–Crippen MR) is 63.2 cm³/mol. The molecule has 0 bridgehead atoms. The second-order valence-electron chi connectivity index (χ2n) is 4.76. The summed E-state index contributed by atoms with van der Waals surface area (Å²) in [4.78, 5) is 0. The maximum atomic E-state index is 13.4. The third-order valence-corrected chi connectivity index (χ3v) is 3.59. The van der Waals surface area contributed by atoms with E-state index in [0.717, 1.165) is 17.9 Å². The second-order valence-corrected chi connectivity index (χ2v) is 4.76. The minimum atomic E-state index is -0.147. The highest BCUT2D eigenvalue weighted by atomic mass is 19.1. The zero-order chi connectivity index (χ0) is 11.5. The highest BCUT2D eigenvalue weighted by Crippen LogP contribution is 2.34. The lowest BCUT2D eigenvalue weighted by molar-refractivity contribution is 0.261. The van der Waals surface area contributed by atoms with Crippen LogP contribution < -0.4 is 11.3 Å². The SMILES string of the molecule is Cc1ccc(C(CC2CCC2)NN)cc1F. The van der Waals surface area contributed by atoms with Gasteiger partial charge in [0.25, 0.3) is 0 Å². The average molecular weight is 222 g/mol. The molecule has 0 radical (unpaired) electrons. The van der Waals surface area contributed by atoms with Gasteiger partial charge in [-0.3, -0.25) is 11.3 Å². The Bertz CT molecular complexity index is 361. The van der Waals surface area contributed by atoms with Gasteiger partial charge >= 0.3 is 0 Å². The van der Waals surface area contributed by atoms with Gasteiger partial charge in [-0.05, 0) is 36.5 Å². The molecule has 0 aromatic heterocycles. The van der Waals surface area contributed by atoms with Crippen molar-refractivity contribution in [2.45, 2.75) is 38.6 Å². The van der Waals surface area contributed by atoms with Crippen LogP contribution in [0.3, 0.4) is 0 Å². The van der Waals surface area contributed by atoms with Crippen LogP contribution in [0.1, 0.15) is 42.9 Å². The van der Waals surface area contributed by atoms with Crippen LogP contribution in [0.5, 0.6) is 0 Å². The van der Waals surface area contributed by atoms with Crippen LogP contribution in [-0.4, -0.2) is 0 Å². The number of nitrogens with two attached hydrogens (primary N) is 1. The second kappa shape index (κ2) is 4.93. The van der Waals surface area contributed by atoms with Gasteiger partial charge < -0.3 is 0 Å². The Balaban J connectivity index is 2.09. The van der Waals surface area contributed by atoms with E-state index in [0.29, 0.717) is 5.56 Å². The van der Waals surface area contributed by atoms with Gasteiger partial charge in [-0.15, -0.1) is 0 Å². The molecule has 1 aromatic rings. The van der Waals surface area contributed by atoms with Gasteiger partial charge in [-0.25, -0.2) is 4.39 Å². The molecule has 0 aliphatic heterocycles. The summed E-state index contributed by atoms with van der Waals surface area (Å²) in [6, 6.07) is 5.45.